The number of rotatable bonds is 6. The summed E-state index contributed by atoms with van der Waals surface area (Å²) in [6, 6.07) is 77.3. The van der Waals surface area contributed by atoms with Gasteiger partial charge in [-0.3, -0.25) is 0 Å². The van der Waals surface area contributed by atoms with Crippen LogP contribution in [0.3, 0.4) is 0 Å². The molecule has 0 aliphatic rings. The number of benzene rings is 10. The first kappa shape index (κ1) is 30.8. The molecule has 0 radical (unpaired) electrons. The van der Waals surface area contributed by atoms with E-state index >= 15 is 0 Å². The zero-order valence-corrected chi connectivity index (χ0v) is 29.2. The molecule has 0 saturated heterocycles. The van der Waals surface area contributed by atoms with Crippen molar-refractivity contribution < 1.29 is 0 Å². The summed E-state index contributed by atoms with van der Waals surface area (Å²) >= 11 is 0. The van der Waals surface area contributed by atoms with Crippen molar-refractivity contribution in [3.05, 3.63) is 212 Å². The van der Waals surface area contributed by atoms with Crippen molar-refractivity contribution in [2.24, 2.45) is 0 Å². The Labute approximate surface area is 309 Å². The fourth-order valence-electron chi connectivity index (χ4n) is 8.14. The number of hydrogen-bond donors (Lipinski definition) is 0. The fraction of sp³-hybridized carbons (Fsp3) is 0. The average molecular weight is 674 g/mol. The van der Waals surface area contributed by atoms with Gasteiger partial charge in [0.1, 0.15) is 0 Å². The summed E-state index contributed by atoms with van der Waals surface area (Å²) in [7, 11) is 0. The summed E-state index contributed by atoms with van der Waals surface area (Å²) in [6.07, 6.45) is 0. The van der Waals surface area contributed by atoms with Crippen molar-refractivity contribution in [1.29, 1.82) is 0 Å². The third kappa shape index (κ3) is 5.42. The van der Waals surface area contributed by atoms with Gasteiger partial charge < -0.3 is 4.90 Å². The molecule has 248 valence electrons. The van der Waals surface area contributed by atoms with Crippen LogP contribution in [0.25, 0.3) is 76.5 Å². The Morgan fingerprint density at radius 1 is 0.245 bits per heavy atom. The molecule has 1 heteroatoms. The largest absolute Gasteiger partial charge is 0.310 e. The van der Waals surface area contributed by atoms with Crippen molar-refractivity contribution in [1.82, 2.24) is 0 Å². The van der Waals surface area contributed by atoms with Gasteiger partial charge in [-0.15, -0.1) is 0 Å². The van der Waals surface area contributed by atoms with E-state index in [4.69, 9.17) is 0 Å². The van der Waals surface area contributed by atoms with Gasteiger partial charge in [-0.25, -0.2) is 0 Å². The van der Waals surface area contributed by atoms with Crippen LogP contribution in [0.2, 0.25) is 0 Å². The molecule has 0 fully saturated rings. The first-order chi connectivity index (χ1) is 26.3. The lowest BCUT2D eigenvalue weighted by Crippen LogP contribution is -2.10. The van der Waals surface area contributed by atoms with Crippen LogP contribution in [0.1, 0.15) is 0 Å². The second kappa shape index (κ2) is 13.0. The van der Waals surface area contributed by atoms with Crippen LogP contribution in [-0.4, -0.2) is 0 Å². The van der Waals surface area contributed by atoms with Crippen LogP contribution in [0, 0.1) is 0 Å². The van der Waals surface area contributed by atoms with Crippen LogP contribution >= 0.6 is 0 Å². The van der Waals surface area contributed by atoms with E-state index in [1.807, 2.05) is 0 Å². The Kier molecular flexibility index (Phi) is 7.55. The highest BCUT2D eigenvalue weighted by Gasteiger charge is 2.21. The summed E-state index contributed by atoms with van der Waals surface area (Å²) in [4.78, 5) is 2.44. The highest BCUT2D eigenvalue weighted by molar-refractivity contribution is 6.22. The third-order valence-electron chi connectivity index (χ3n) is 10.6. The minimum Gasteiger partial charge on any atom is -0.310 e. The van der Waals surface area contributed by atoms with Gasteiger partial charge in [0.05, 0.1) is 5.69 Å². The maximum absolute atomic E-state index is 2.44. The normalized spacial score (nSPS) is 11.4. The molecule has 1 nitrogen and oxygen atoms in total. The Morgan fingerprint density at radius 2 is 0.755 bits per heavy atom. The lowest BCUT2D eigenvalue weighted by Gasteiger charge is -2.28. The molecular weight excluding hydrogens is 639 g/mol. The molecule has 0 aliphatic heterocycles. The van der Waals surface area contributed by atoms with Gasteiger partial charge in [-0.1, -0.05) is 176 Å². The van der Waals surface area contributed by atoms with Gasteiger partial charge in [-0.2, -0.15) is 0 Å². The van der Waals surface area contributed by atoms with E-state index in [2.05, 4.69) is 217 Å². The molecule has 0 spiro atoms. The summed E-state index contributed by atoms with van der Waals surface area (Å²) in [5.41, 5.74) is 10.7. The highest BCUT2D eigenvalue weighted by atomic mass is 15.1. The molecule has 0 saturated carbocycles. The first-order valence-electron chi connectivity index (χ1n) is 18.3. The van der Waals surface area contributed by atoms with Gasteiger partial charge >= 0.3 is 0 Å². The highest BCUT2D eigenvalue weighted by Crippen LogP contribution is 2.47. The van der Waals surface area contributed by atoms with Crippen LogP contribution in [0.15, 0.2) is 212 Å². The van der Waals surface area contributed by atoms with Gasteiger partial charge in [-0.05, 0) is 107 Å². The van der Waals surface area contributed by atoms with Crippen LogP contribution in [-0.2, 0) is 0 Å². The molecule has 10 rings (SSSR count). The molecule has 0 bridgehead atoms. The Balaban J connectivity index is 1.26. The predicted octanol–water partition coefficient (Wildman–Crippen LogP) is 14.8. The van der Waals surface area contributed by atoms with E-state index in [1.54, 1.807) is 0 Å². The smallest absolute Gasteiger partial charge is 0.0540 e. The summed E-state index contributed by atoms with van der Waals surface area (Å²) in [6.45, 7) is 0. The summed E-state index contributed by atoms with van der Waals surface area (Å²) < 4.78 is 0. The minimum atomic E-state index is 1.11. The van der Waals surface area contributed by atoms with Gasteiger partial charge in [0.25, 0.3) is 0 Å². The SMILES string of the molecule is c1ccc(-c2ccc3cc(N(c4ccc5c(c4)c(-c4ccccc4)c(-c4ccccc4)c4ccccc45)c4cccc5ccccc45)ccc3c2)cc1. The predicted molar refractivity (Wildman–Crippen MR) is 227 cm³/mol. The van der Waals surface area contributed by atoms with Crippen molar-refractivity contribution in [2.45, 2.75) is 0 Å². The van der Waals surface area contributed by atoms with Crippen molar-refractivity contribution in [3.8, 4) is 33.4 Å². The molecule has 10 aromatic carbocycles. The Bertz CT molecular complexity index is 2920. The number of anilines is 3. The first-order valence-corrected chi connectivity index (χ1v) is 18.3. The minimum absolute atomic E-state index is 1.11. The molecule has 0 amide bonds. The maximum Gasteiger partial charge on any atom is 0.0540 e. The molecule has 0 aromatic heterocycles. The second-order valence-electron chi connectivity index (χ2n) is 13.7. The van der Waals surface area contributed by atoms with Gasteiger partial charge in [0.15, 0.2) is 0 Å². The van der Waals surface area contributed by atoms with Crippen LogP contribution in [0.4, 0.5) is 17.1 Å². The van der Waals surface area contributed by atoms with Crippen molar-refractivity contribution >= 4 is 60.2 Å². The fourth-order valence-corrected chi connectivity index (χ4v) is 8.14. The summed E-state index contributed by atoms with van der Waals surface area (Å²) in [5, 5.41) is 9.83. The monoisotopic (exact) mass is 673 g/mol. The number of fused-ring (bicyclic) bond motifs is 5. The lowest BCUT2D eigenvalue weighted by atomic mass is 9.85. The van der Waals surface area contributed by atoms with Crippen molar-refractivity contribution in [3.63, 3.8) is 0 Å². The van der Waals surface area contributed by atoms with Crippen LogP contribution in [0.5, 0.6) is 0 Å². The molecule has 0 unspecified atom stereocenters. The molecule has 0 heterocycles. The molecule has 0 atom stereocenters. The molecule has 53 heavy (non-hydrogen) atoms. The standard InChI is InChI=1S/C52H35N/c1-4-15-36(16-5-1)40-27-28-42-34-43(30-29-41(42)33-40)53(50-26-14-22-37-17-10-11-23-45(37)50)44-31-32-47-46-24-12-13-25-48(46)51(38-18-6-2-7-19-38)52(49(47)35-44)39-20-8-3-9-21-39/h1-35H. The van der Waals surface area contributed by atoms with Crippen LogP contribution < -0.4 is 4.90 Å². The van der Waals surface area contributed by atoms with Gasteiger partial charge in [0.2, 0.25) is 0 Å². The lowest BCUT2D eigenvalue weighted by molar-refractivity contribution is 1.31. The molecule has 10 aromatic rings. The molecule has 0 N–H and O–H groups in total. The van der Waals surface area contributed by atoms with E-state index in [-0.39, 0.29) is 0 Å². The van der Waals surface area contributed by atoms with E-state index in [1.165, 1.54) is 76.5 Å². The average Bonchev–Trinajstić information content (AvgIpc) is 3.24. The molecular formula is C52H35N. The molecule has 0 aliphatic carbocycles. The zero-order chi connectivity index (χ0) is 35.1. The summed E-state index contributed by atoms with van der Waals surface area (Å²) in [5.74, 6) is 0. The van der Waals surface area contributed by atoms with E-state index in [0.717, 1.165) is 17.1 Å². The number of hydrogen-bond acceptors (Lipinski definition) is 1. The third-order valence-corrected chi connectivity index (χ3v) is 10.6. The van der Waals surface area contributed by atoms with E-state index in [0.29, 0.717) is 0 Å². The Hall–Kier alpha value is -6.96. The Morgan fingerprint density at radius 3 is 1.49 bits per heavy atom. The number of nitrogens with zero attached hydrogens (tertiary/aromatic N) is 1. The topological polar surface area (TPSA) is 3.24 Å². The zero-order valence-electron chi connectivity index (χ0n) is 29.2. The maximum atomic E-state index is 2.44. The van der Waals surface area contributed by atoms with Crippen molar-refractivity contribution in [2.75, 3.05) is 4.90 Å². The van der Waals surface area contributed by atoms with Gasteiger partial charge in [0, 0.05) is 16.8 Å². The quantitative estimate of drug-likeness (QED) is 0.159. The van der Waals surface area contributed by atoms with E-state index in [9.17, 15) is 0 Å². The van der Waals surface area contributed by atoms with E-state index < -0.39 is 0 Å². The second-order valence-corrected chi connectivity index (χ2v) is 13.7.